The number of amides is 1. The van der Waals surface area contributed by atoms with Crippen LogP contribution < -0.4 is 0 Å². The van der Waals surface area contributed by atoms with E-state index >= 15 is 0 Å². The normalized spacial score (nSPS) is 27.1. The first kappa shape index (κ1) is 12.2. The van der Waals surface area contributed by atoms with Crippen LogP contribution in [-0.2, 0) is 4.79 Å². The maximum absolute atomic E-state index is 12.3. The van der Waals surface area contributed by atoms with E-state index in [4.69, 9.17) is 0 Å². The molecule has 1 amide bonds. The lowest BCUT2D eigenvalue weighted by Crippen LogP contribution is -2.36. The van der Waals surface area contributed by atoms with Crippen molar-refractivity contribution in [2.45, 2.75) is 31.6 Å². The monoisotopic (exact) mass is 307 g/mol. The van der Waals surface area contributed by atoms with Crippen LogP contribution in [0.5, 0.6) is 0 Å². The van der Waals surface area contributed by atoms with Gasteiger partial charge in [0.05, 0.1) is 0 Å². The summed E-state index contributed by atoms with van der Waals surface area (Å²) in [6.07, 6.45) is 4.68. The molecule has 1 aromatic carbocycles. The molecule has 3 rings (SSSR count). The van der Waals surface area contributed by atoms with Gasteiger partial charge in [-0.05, 0) is 49.3 Å². The third-order valence-corrected chi connectivity index (χ3v) is 4.60. The van der Waals surface area contributed by atoms with Gasteiger partial charge in [-0.3, -0.25) is 4.79 Å². The van der Waals surface area contributed by atoms with Gasteiger partial charge in [-0.15, -0.1) is 0 Å². The Bertz CT molecular complexity index is 436. The quantitative estimate of drug-likeness (QED) is 0.818. The summed E-state index contributed by atoms with van der Waals surface area (Å²) in [5.74, 6) is 1.11. The van der Waals surface area contributed by atoms with Crippen LogP contribution in [-0.4, -0.2) is 23.9 Å². The lowest BCUT2D eigenvalue weighted by atomic mass is 10.1. The summed E-state index contributed by atoms with van der Waals surface area (Å²) in [5, 5.41) is 0. The van der Waals surface area contributed by atoms with Gasteiger partial charge in [0.2, 0.25) is 5.91 Å². The molecule has 96 valence electrons. The molecular weight excluding hydrogens is 290 g/mol. The zero-order chi connectivity index (χ0) is 12.5. The molecule has 2 atom stereocenters. The Morgan fingerprint density at radius 2 is 1.78 bits per heavy atom. The van der Waals surface area contributed by atoms with Crippen molar-refractivity contribution in [1.82, 2.24) is 4.90 Å². The van der Waals surface area contributed by atoms with Crippen molar-refractivity contribution in [2.75, 3.05) is 13.1 Å². The lowest BCUT2D eigenvalue weighted by molar-refractivity contribution is -0.133. The Hall–Kier alpha value is -0.830. The summed E-state index contributed by atoms with van der Waals surface area (Å²) in [6, 6.07) is 8.41. The Labute approximate surface area is 116 Å². The smallest absolute Gasteiger partial charge is 0.226 e. The number of benzene rings is 1. The number of rotatable bonds is 2. The number of piperidine rings is 1. The SMILES string of the molecule is O=C([C@H]1C[C@H]1c1ccc(Br)cc1)N1CCCCC1. The highest BCUT2D eigenvalue weighted by atomic mass is 79.9. The second-order valence-electron chi connectivity index (χ2n) is 5.39. The van der Waals surface area contributed by atoms with Gasteiger partial charge in [0.1, 0.15) is 0 Å². The molecule has 2 nitrogen and oxygen atoms in total. The van der Waals surface area contributed by atoms with Crippen molar-refractivity contribution in [1.29, 1.82) is 0 Å². The highest BCUT2D eigenvalue weighted by Gasteiger charge is 2.45. The molecule has 1 aromatic rings. The van der Waals surface area contributed by atoms with E-state index in [-0.39, 0.29) is 5.92 Å². The molecule has 0 radical (unpaired) electrons. The van der Waals surface area contributed by atoms with Crippen LogP contribution >= 0.6 is 15.9 Å². The number of carbonyl (C=O) groups is 1. The average Bonchev–Trinajstić information content (AvgIpc) is 3.20. The summed E-state index contributed by atoms with van der Waals surface area (Å²) in [5.41, 5.74) is 1.31. The van der Waals surface area contributed by atoms with E-state index in [1.807, 2.05) is 0 Å². The van der Waals surface area contributed by atoms with Gasteiger partial charge >= 0.3 is 0 Å². The molecule has 2 aliphatic rings. The van der Waals surface area contributed by atoms with Gasteiger partial charge in [0.15, 0.2) is 0 Å². The van der Waals surface area contributed by atoms with E-state index in [1.165, 1.54) is 24.8 Å². The second-order valence-corrected chi connectivity index (χ2v) is 6.30. The fourth-order valence-corrected chi connectivity index (χ4v) is 3.16. The molecule has 3 heteroatoms. The molecule has 0 bridgehead atoms. The van der Waals surface area contributed by atoms with E-state index in [0.717, 1.165) is 24.0 Å². The number of hydrogen-bond acceptors (Lipinski definition) is 1. The Morgan fingerprint density at radius 1 is 1.11 bits per heavy atom. The van der Waals surface area contributed by atoms with Crippen molar-refractivity contribution in [3.63, 3.8) is 0 Å². The first-order valence-corrected chi connectivity index (χ1v) is 7.59. The Kier molecular flexibility index (Phi) is 3.42. The minimum atomic E-state index is 0.254. The lowest BCUT2D eigenvalue weighted by Gasteiger charge is -2.26. The standard InChI is InChI=1S/C15H18BrNO/c16-12-6-4-11(5-7-12)13-10-14(13)15(18)17-8-2-1-3-9-17/h4-7,13-14H,1-3,8-10H2/t13-,14-/m0/s1. The number of hydrogen-bond donors (Lipinski definition) is 0. The molecule has 1 saturated heterocycles. The average molecular weight is 308 g/mol. The summed E-state index contributed by atoms with van der Waals surface area (Å²) in [6.45, 7) is 1.95. The number of likely N-dealkylation sites (tertiary alicyclic amines) is 1. The molecule has 0 aromatic heterocycles. The van der Waals surface area contributed by atoms with Gasteiger partial charge in [-0.25, -0.2) is 0 Å². The Balaban J connectivity index is 1.63. The fourth-order valence-electron chi connectivity index (χ4n) is 2.90. The molecule has 1 aliphatic heterocycles. The van der Waals surface area contributed by atoms with Crippen LogP contribution in [0.2, 0.25) is 0 Å². The molecule has 1 saturated carbocycles. The van der Waals surface area contributed by atoms with Crippen LogP contribution in [0, 0.1) is 5.92 Å². The van der Waals surface area contributed by atoms with Crippen LogP contribution in [0.4, 0.5) is 0 Å². The Morgan fingerprint density at radius 3 is 2.44 bits per heavy atom. The predicted molar refractivity (Wildman–Crippen MR) is 75.4 cm³/mol. The zero-order valence-electron chi connectivity index (χ0n) is 10.4. The van der Waals surface area contributed by atoms with Crippen molar-refractivity contribution >= 4 is 21.8 Å². The third-order valence-electron chi connectivity index (χ3n) is 4.07. The summed E-state index contributed by atoms with van der Waals surface area (Å²) < 4.78 is 1.10. The van der Waals surface area contributed by atoms with E-state index in [2.05, 4.69) is 45.1 Å². The number of nitrogens with zero attached hydrogens (tertiary/aromatic N) is 1. The summed E-state index contributed by atoms with van der Waals surface area (Å²) in [4.78, 5) is 14.4. The minimum absolute atomic E-state index is 0.254. The summed E-state index contributed by atoms with van der Waals surface area (Å²) in [7, 11) is 0. The van der Waals surface area contributed by atoms with Crippen molar-refractivity contribution in [3.05, 3.63) is 34.3 Å². The summed E-state index contributed by atoms with van der Waals surface area (Å²) >= 11 is 3.45. The maximum Gasteiger partial charge on any atom is 0.226 e. The highest BCUT2D eigenvalue weighted by molar-refractivity contribution is 9.10. The number of carbonyl (C=O) groups excluding carboxylic acids is 1. The second kappa shape index (κ2) is 5.04. The van der Waals surface area contributed by atoms with Gasteiger partial charge in [-0.2, -0.15) is 0 Å². The topological polar surface area (TPSA) is 20.3 Å². The molecule has 0 N–H and O–H groups in total. The molecule has 0 spiro atoms. The van der Waals surface area contributed by atoms with Crippen molar-refractivity contribution < 1.29 is 4.79 Å². The number of halogens is 1. The van der Waals surface area contributed by atoms with Gasteiger partial charge in [0, 0.05) is 23.5 Å². The van der Waals surface area contributed by atoms with Crippen LogP contribution in [0.15, 0.2) is 28.7 Å². The first-order chi connectivity index (χ1) is 8.75. The van der Waals surface area contributed by atoms with E-state index in [9.17, 15) is 4.79 Å². The van der Waals surface area contributed by atoms with Gasteiger partial charge in [-0.1, -0.05) is 28.1 Å². The molecular formula is C15H18BrNO. The van der Waals surface area contributed by atoms with Crippen molar-refractivity contribution in [3.8, 4) is 0 Å². The van der Waals surface area contributed by atoms with Gasteiger partial charge < -0.3 is 4.90 Å². The zero-order valence-corrected chi connectivity index (χ0v) is 12.0. The fraction of sp³-hybridized carbons (Fsp3) is 0.533. The first-order valence-electron chi connectivity index (χ1n) is 6.80. The van der Waals surface area contributed by atoms with E-state index < -0.39 is 0 Å². The van der Waals surface area contributed by atoms with Crippen molar-refractivity contribution in [2.24, 2.45) is 5.92 Å². The predicted octanol–water partition coefficient (Wildman–Crippen LogP) is 3.57. The van der Waals surface area contributed by atoms with Crippen LogP contribution in [0.3, 0.4) is 0 Å². The molecule has 1 aliphatic carbocycles. The van der Waals surface area contributed by atoms with E-state index in [1.54, 1.807) is 0 Å². The molecule has 1 heterocycles. The molecule has 18 heavy (non-hydrogen) atoms. The van der Waals surface area contributed by atoms with Crippen LogP contribution in [0.25, 0.3) is 0 Å². The largest absolute Gasteiger partial charge is 0.342 e. The molecule has 2 fully saturated rings. The van der Waals surface area contributed by atoms with E-state index in [0.29, 0.717) is 11.8 Å². The maximum atomic E-state index is 12.3. The van der Waals surface area contributed by atoms with Gasteiger partial charge in [0.25, 0.3) is 0 Å². The highest BCUT2D eigenvalue weighted by Crippen LogP contribution is 2.48. The third kappa shape index (κ3) is 2.46. The van der Waals surface area contributed by atoms with Crippen LogP contribution in [0.1, 0.15) is 37.2 Å². The minimum Gasteiger partial charge on any atom is -0.342 e. The molecule has 0 unspecified atom stereocenters.